The molecule has 3 N–H and O–H groups in total. The van der Waals surface area contributed by atoms with Gasteiger partial charge >= 0.3 is 0 Å². The molecule has 3 unspecified atom stereocenters. The number of hydrogen-bond acceptors (Lipinski definition) is 4. The summed E-state index contributed by atoms with van der Waals surface area (Å²) in [7, 11) is 0. The van der Waals surface area contributed by atoms with Gasteiger partial charge in [-0.15, -0.1) is 11.3 Å². The molecule has 0 bridgehead atoms. The number of aromatic nitrogens is 1. The van der Waals surface area contributed by atoms with E-state index in [2.05, 4.69) is 22.6 Å². The van der Waals surface area contributed by atoms with Crippen molar-refractivity contribution in [2.75, 3.05) is 0 Å². The Bertz CT molecular complexity index is 323. The summed E-state index contributed by atoms with van der Waals surface area (Å²) in [6, 6.07) is 1.34. The van der Waals surface area contributed by atoms with Gasteiger partial charge < -0.3 is 11.1 Å². The molecule has 0 saturated heterocycles. The summed E-state index contributed by atoms with van der Waals surface area (Å²) in [6.07, 6.45) is 3.46. The summed E-state index contributed by atoms with van der Waals surface area (Å²) in [5, 5.41) is 6.90. The van der Waals surface area contributed by atoms with E-state index >= 15 is 0 Å². The lowest BCUT2D eigenvalue weighted by Crippen LogP contribution is -2.30. The van der Waals surface area contributed by atoms with Gasteiger partial charge in [0.05, 0.1) is 6.04 Å². The van der Waals surface area contributed by atoms with Crippen molar-refractivity contribution in [2.45, 2.75) is 51.2 Å². The first-order chi connectivity index (χ1) is 7.15. The Morgan fingerprint density at radius 3 is 2.93 bits per heavy atom. The van der Waals surface area contributed by atoms with Crippen molar-refractivity contribution < 1.29 is 0 Å². The average molecular weight is 225 g/mol. The second-order valence-corrected chi connectivity index (χ2v) is 5.38. The highest BCUT2D eigenvalue weighted by atomic mass is 32.1. The Kier molecular flexibility index (Phi) is 3.38. The topological polar surface area (TPSA) is 50.9 Å². The van der Waals surface area contributed by atoms with Crippen LogP contribution in [0.4, 0.5) is 0 Å². The molecule has 0 radical (unpaired) electrons. The summed E-state index contributed by atoms with van der Waals surface area (Å²) in [6.45, 7) is 4.22. The number of hydrogen-bond donors (Lipinski definition) is 2. The fourth-order valence-electron chi connectivity index (χ4n) is 2.16. The zero-order valence-electron chi connectivity index (χ0n) is 9.36. The zero-order chi connectivity index (χ0) is 10.8. The lowest BCUT2D eigenvalue weighted by Gasteiger charge is -2.17. The SMILES string of the molecule is Cc1csc(C(C)NC2CCC(N)C2)n1. The van der Waals surface area contributed by atoms with Gasteiger partial charge in [-0.1, -0.05) is 0 Å². The Hall–Kier alpha value is -0.450. The van der Waals surface area contributed by atoms with Gasteiger partial charge in [0.25, 0.3) is 0 Å². The number of nitrogens with zero attached hydrogens (tertiary/aromatic N) is 1. The van der Waals surface area contributed by atoms with Crippen molar-refractivity contribution >= 4 is 11.3 Å². The minimum atomic E-state index is 0.360. The number of nitrogens with one attached hydrogen (secondary N) is 1. The molecule has 1 aliphatic rings. The van der Waals surface area contributed by atoms with Crippen molar-refractivity contribution in [3.8, 4) is 0 Å². The van der Waals surface area contributed by atoms with Crippen LogP contribution in [0.1, 0.15) is 42.9 Å². The standard InChI is InChI=1S/C11H19N3S/c1-7-6-15-11(13-7)8(2)14-10-4-3-9(12)5-10/h6,8-10,14H,3-5,12H2,1-2H3. The van der Waals surface area contributed by atoms with Gasteiger partial charge in [0.1, 0.15) is 5.01 Å². The summed E-state index contributed by atoms with van der Waals surface area (Å²) >= 11 is 1.74. The van der Waals surface area contributed by atoms with E-state index in [9.17, 15) is 0 Å². The third-order valence-corrected chi connectivity index (χ3v) is 4.11. The monoisotopic (exact) mass is 225 g/mol. The molecule has 0 amide bonds. The molecule has 1 saturated carbocycles. The molecule has 15 heavy (non-hydrogen) atoms. The van der Waals surface area contributed by atoms with Crippen LogP contribution in [-0.2, 0) is 0 Å². The molecular formula is C11H19N3S. The second-order valence-electron chi connectivity index (χ2n) is 4.49. The predicted molar refractivity (Wildman–Crippen MR) is 64.0 cm³/mol. The van der Waals surface area contributed by atoms with Gasteiger partial charge in [0.15, 0.2) is 0 Å². The first kappa shape index (κ1) is 11.0. The molecule has 1 aliphatic carbocycles. The molecule has 4 heteroatoms. The van der Waals surface area contributed by atoms with Crippen LogP contribution in [0.25, 0.3) is 0 Å². The number of thiazole rings is 1. The minimum Gasteiger partial charge on any atom is -0.328 e. The minimum absolute atomic E-state index is 0.360. The fourth-order valence-corrected chi connectivity index (χ4v) is 2.98. The maximum atomic E-state index is 5.89. The van der Waals surface area contributed by atoms with E-state index in [1.807, 2.05) is 6.92 Å². The Morgan fingerprint density at radius 1 is 1.60 bits per heavy atom. The van der Waals surface area contributed by atoms with E-state index in [4.69, 9.17) is 5.73 Å². The van der Waals surface area contributed by atoms with Crippen LogP contribution in [0.2, 0.25) is 0 Å². The van der Waals surface area contributed by atoms with Gasteiger partial charge in [-0.2, -0.15) is 0 Å². The Morgan fingerprint density at radius 2 is 2.40 bits per heavy atom. The Labute approximate surface area is 95.1 Å². The highest BCUT2D eigenvalue weighted by molar-refractivity contribution is 7.09. The summed E-state index contributed by atoms with van der Waals surface area (Å²) in [4.78, 5) is 4.50. The van der Waals surface area contributed by atoms with E-state index in [0.717, 1.165) is 18.5 Å². The van der Waals surface area contributed by atoms with Crippen molar-refractivity contribution in [2.24, 2.45) is 5.73 Å². The first-order valence-electron chi connectivity index (χ1n) is 5.59. The third-order valence-electron chi connectivity index (χ3n) is 2.97. The van der Waals surface area contributed by atoms with Crippen molar-refractivity contribution in [3.05, 3.63) is 16.1 Å². The highest BCUT2D eigenvalue weighted by Gasteiger charge is 2.23. The van der Waals surface area contributed by atoms with E-state index in [0.29, 0.717) is 18.1 Å². The normalized spacial score (nSPS) is 28.2. The van der Waals surface area contributed by atoms with Crippen molar-refractivity contribution in [1.29, 1.82) is 0 Å². The van der Waals surface area contributed by atoms with Crippen LogP contribution in [-0.4, -0.2) is 17.1 Å². The predicted octanol–water partition coefficient (Wildman–Crippen LogP) is 1.98. The third kappa shape index (κ3) is 2.77. The molecule has 3 atom stereocenters. The molecule has 0 aromatic carbocycles. The first-order valence-corrected chi connectivity index (χ1v) is 6.47. The molecule has 3 nitrogen and oxygen atoms in total. The van der Waals surface area contributed by atoms with Crippen LogP contribution in [0.3, 0.4) is 0 Å². The van der Waals surface area contributed by atoms with Gasteiger partial charge in [0.2, 0.25) is 0 Å². The van der Waals surface area contributed by atoms with Gasteiger partial charge in [-0.25, -0.2) is 4.98 Å². The van der Waals surface area contributed by atoms with Crippen LogP contribution in [0.5, 0.6) is 0 Å². The van der Waals surface area contributed by atoms with E-state index in [1.165, 1.54) is 11.4 Å². The van der Waals surface area contributed by atoms with Crippen LogP contribution >= 0.6 is 11.3 Å². The van der Waals surface area contributed by atoms with Gasteiger partial charge in [-0.05, 0) is 33.1 Å². The van der Waals surface area contributed by atoms with Gasteiger partial charge in [-0.3, -0.25) is 0 Å². The lowest BCUT2D eigenvalue weighted by atomic mass is 10.2. The number of aryl methyl sites for hydroxylation is 1. The van der Waals surface area contributed by atoms with E-state index < -0.39 is 0 Å². The molecule has 2 rings (SSSR count). The largest absolute Gasteiger partial charge is 0.328 e. The quantitative estimate of drug-likeness (QED) is 0.827. The number of rotatable bonds is 3. The highest BCUT2D eigenvalue weighted by Crippen LogP contribution is 2.23. The van der Waals surface area contributed by atoms with Crippen LogP contribution < -0.4 is 11.1 Å². The Balaban J connectivity index is 1.89. The summed E-state index contributed by atoms with van der Waals surface area (Å²) < 4.78 is 0. The smallest absolute Gasteiger partial charge is 0.110 e. The maximum Gasteiger partial charge on any atom is 0.110 e. The average Bonchev–Trinajstić information content (AvgIpc) is 2.75. The second kappa shape index (κ2) is 4.60. The molecule has 1 aromatic rings. The van der Waals surface area contributed by atoms with E-state index in [1.54, 1.807) is 11.3 Å². The molecule has 1 aromatic heterocycles. The molecule has 0 spiro atoms. The molecular weight excluding hydrogens is 206 g/mol. The molecule has 1 fully saturated rings. The lowest BCUT2D eigenvalue weighted by molar-refractivity contribution is 0.455. The molecule has 1 heterocycles. The maximum absolute atomic E-state index is 5.89. The molecule has 84 valence electrons. The summed E-state index contributed by atoms with van der Waals surface area (Å²) in [5.74, 6) is 0. The van der Waals surface area contributed by atoms with Crippen LogP contribution in [0.15, 0.2) is 5.38 Å². The fraction of sp³-hybridized carbons (Fsp3) is 0.727. The number of nitrogens with two attached hydrogens (primary N) is 1. The van der Waals surface area contributed by atoms with Crippen molar-refractivity contribution in [1.82, 2.24) is 10.3 Å². The summed E-state index contributed by atoms with van der Waals surface area (Å²) in [5.41, 5.74) is 7.01. The van der Waals surface area contributed by atoms with Crippen LogP contribution in [0, 0.1) is 6.92 Å². The molecule has 0 aliphatic heterocycles. The van der Waals surface area contributed by atoms with Gasteiger partial charge in [0, 0.05) is 23.2 Å². The van der Waals surface area contributed by atoms with E-state index in [-0.39, 0.29) is 0 Å². The zero-order valence-corrected chi connectivity index (χ0v) is 10.2. The van der Waals surface area contributed by atoms with Crippen molar-refractivity contribution in [3.63, 3.8) is 0 Å².